The standard InChI is InChI=1S/C18H28N4O3/c1-12-17(14(3)25-19-12)18(24)21(6)13(2)15-8-7-9-22(10-15)11-16(23)20(4)5/h8,13H,7,9-11H2,1-6H3. The van der Waals surface area contributed by atoms with Gasteiger partial charge in [0.2, 0.25) is 5.91 Å². The van der Waals surface area contributed by atoms with Crippen LogP contribution in [0.1, 0.15) is 35.2 Å². The minimum Gasteiger partial charge on any atom is -0.361 e. The van der Waals surface area contributed by atoms with Gasteiger partial charge < -0.3 is 14.3 Å². The molecule has 1 aromatic heterocycles. The Balaban J connectivity index is 2.06. The fraction of sp³-hybridized carbons (Fsp3) is 0.611. The van der Waals surface area contributed by atoms with Crippen LogP contribution in [0.2, 0.25) is 0 Å². The van der Waals surface area contributed by atoms with Crippen LogP contribution in [0.5, 0.6) is 0 Å². The quantitative estimate of drug-likeness (QED) is 0.754. The highest BCUT2D eigenvalue weighted by Gasteiger charge is 2.28. The fourth-order valence-corrected chi connectivity index (χ4v) is 2.99. The van der Waals surface area contributed by atoms with Crippen LogP contribution < -0.4 is 0 Å². The van der Waals surface area contributed by atoms with Gasteiger partial charge in [0.1, 0.15) is 11.3 Å². The van der Waals surface area contributed by atoms with E-state index in [1.165, 1.54) is 0 Å². The number of hydrogen-bond acceptors (Lipinski definition) is 5. The third-order valence-corrected chi connectivity index (χ3v) is 4.80. The molecule has 2 amide bonds. The van der Waals surface area contributed by atoms with Crippen LogP contribution in [-0.2, 0) is 4.79 Å². The summed E-state index contributed by atoms with van der Waals surface area (Å²) in [6.45, 7) is 7.49. The lowest BCUT2D eigenvalue weighted by molar-refractivity contribution is -0.129. The van der Waals surface area contributed by atoms with Crippen LogP contribution in [0, 0.1) is 13.8 Å². The maximum Gasteiger partial charge on any atom is 0.259 e. The average Bonchev–Trinajstić information content (AvgIpc) is 2.91. The summed E-state index contributed by atoms with van der Waals surface area (Å²) in [5.74, 6) is 0.539. The van der Waals surface area contributed by atoms with Gasteiger partial charge in [-0.05, 0) is 32.8 Å². The van der Waals surface area contributed by atoms with Crippen molar-refractivity contribution in [3.63, 3.8) is 0 Å². The van der Waals surface area contributed by atoms with Crippen molar-refractivity contribution in [2.75, 3.05) is 40.8 Å². The number of carbonyl (C=O) groups excluding carboxylic acids is 2. The topological polar surface area (TPSA) is 69.9 Å². The number of rotatable bonds is 5. The maximum absolute atomic E-state index is 12.8. The molecule has 1 atom stereocenters. The van der Waals surface area contributed by atoms with E-state index in [9.17, 15) is 9.59 Å². The molecule has 0 spiro atoms. The monoisotopic (exact) mass is 348 g/mol. The average molecular weight is 348 g/mol. The van der Waals surface area contributed by atoms with Crippen LogP contribution in [0.15, 0.2) is 16.2 Å². The van der Waals surface area contributed by atoms with E-state index in [0.717, 1.165) is 18.5 Å². The predicted octanol–water partition coefficient (Wildman–Crippen LogP) is 1.47. The van der Waals surface area contributed by atoms with Crippen molar-refractivity contribution >= 4 is 11.8 Å². The molecule has 0 radical (unpaired) electrons. The first kappa shape index (κ1) is 19.2. The molecule has 0 aliphatic carbocycles. The zero-order chi connectivity index (χ0) is 18.7. The van der Waals surface area contributed by atoms with Crippen LogP contribution in [0.3, 0.4) is 0 Å². The third-order valence-electron chi connectivity index (χ3n) is 4.80. The Morgan fingerprint density at radius 1 is 1.32 bits per heavy atom. The van der Waals surface area contributed by atoms with Gasteiger partial charge in [-0.3, -0.25) is 14.5 Å². The van der Waals surface area contributed by atoms with Crippen molar-refractivity contribution in [1.82, 2.24) is 19.9 Å². The van der Waals surface area contributed by atoms with Crippen molar-refractivity contribution in [2.24, 2.45) is 0 Å². The first-order valence-electron chi connectivity index (χ1n) is 8.53. The summed E-state index contributed by atoms with van der Waals surface area (Å²) in [5, 5.41) is 3.87. The van der Waals surface area contributed by atoms with E-state index in [0.29, 0.717) is 30.1 Å². The molecule has 0 fully saturated rings. The van der Waals surface area contributed by atoms with E-state index in [-0.39, 0.29) is 17.9 Å². The largest absolute Gasteiger partial charge is 0.361 e. The molecule has 1 unspecified atom stereocenters. The Kier molecular flexibility index (Phi) is 6.00. The van der Waals surface area contributed by atoms with Crippen LogP contribution in [0.4, 0.5) is 0 Å². The molecule has 0 bridgehead atoms. The molecule has 0 saturated carbocycles. The highest BCUT2D eigenvalue weighted by atomic mass is 16.5. The van der Waals surface area contributed by atoms with Gasteiger partial charge in [-0.1, -0.05) is 11.2 Å². The molecule has 0 aromatic carbocycles. The lowest BCUT2D eigenvalue weighted by atomic mass is 10.0. The summed E-state index contributed by atoms with van der Waals surface area (Å²) in [6, 6.07) is -0.0570. The zero-order valence-electron chi connectivity index (χ0n) is 16.0. The van der Waals surface area contributed by atoms with Gasteiger partial charge in [-0.2, -0.15) is 0 Å². The first-order valence-corrected chi connectivity index (χ1v) is 8.53. The van der Waals surface area contributed by atoms with Gasteiger partial charge in [-0.25, -0.2) is 0 Å². The van der Waals surface area contributed by atoms with E-state index >= 15 is 0 Å². The van der Waals surface area contributed by atoms with E-state index in [4.69, 9.17) is 4.52 Å². The summed E-state index contributed by atoms with van der Waals surface area (Å²) < 4.78 is 5.11. The number of amides is 2. The molecule has 0 saturated heterocycles. The van der Waals surface area contributed by atoms with Crippen molar-refractivity contribution < 1.29 is 14.1 Å². The summed E-state index contributed by atoms with van der Waals surface area (Å²) in [5.41, 5.74) is 2.29. The molecule has 138 valence electrons. The van der Waals surface area contributed by atoms with Gasteiger partial charge in [0, 0.05) is 34.2 Å². The molecule has 2 rings (SSSR count). The molecule has 0 N–H and O–H groups in total. The molecule has 25 heavy (non-hydrogen) atoms. The molecule has 2 heterocycles. The second-order valence-electron chi connectivity index (χ2n) is 6.86. The van der Waals surface area contributed by atoms with Gasteiger partial charge in [0.25, 0.3) is 5.91 Å². The van der Waals surface area contributed by atoms with Crippen molar-refractivity contribution in [2.45, 2.75) is 33.2 Å². The lowest BCUT2D eigenvalue weighted by Gasteiger charge is -2.34. The van der Waals surface area contributed by atoms with Crippen LogP contribution >= 0.6 is 0 Å². The smallest absolute Gasteiger partial charge is 0.259 e. The summed E-state index contributed by atoms with van der Waals surface area (Å²) in [7, 11) is 5.33. The highest BCUT2D eigenvalue weighted by molar-refractivity contribution is 5.96. The molecule has 1 aliphatic rings. The number of hydrogen-bond donors (Lipinski definition) is 0. The number of aromatic nitrogens is 1. The number of carbonyl (C=O) groups is 2. The summed E-state index contributed by atoms with van der Waals surface area (Å²) in [4.78, 5) is 30.2. The van der Waals surface area contributed by atoms with Crippen molar-refractivity contribution in [1.29, 1.82) is 0 Å². The van der Waals surface area contributed by atoms with Crippen LogP contribution in [0.25, 0.3) is 0 Å². The Hall–Kier alpha value is -2.15. The summed E-state index contributed by atoms with van der Waals surface area (Å²) in [6.07, 6.45) is 3.06. The molecular weight excluding hydrogens is 320 g/mol. The summed E-state index contributed by atoms with van der Waals surface area (Å²) >= 11 is 0. The number of likely N-dealkylation sites (N-methyl/N-ethyl adjacent to an activating group) is 2. The molecule has 1 aromatic rings. The zero-order valence-corrected chi connectivity index (χ0v) is 16.0. The normalized spacial score (nSPS) is 16.3. The van der Waals surface area contributed by atoms with E-state index in [1.54, 1.807) is 44.8 Å². The maximum atomic E-state index is 12.8. The Morgan fingerprint density at radius 2 is 2.00 bits per heavy atom. The van der Waals surface area contributed by atoms with E-state index < -0.39 is 0 Å². The van der Waals surface area contributed by atoms with Crippen LogP contribution in [-0.4, -0.2) is 78.5 Å². The number of aryl methyl sites for hydroxylation is 2. The van der Waals surface area contributed by atoms with Crippen molar-refractivity contribution in [3.8, 4) is 0 Å². The predicted molar refractivity (Wildman–Crippen MR) is 95.4 cm³/mol. The van der Waals surface area contributed by atoms with Gasteiger partial charge in [0.15, 0.2) is 0 Å². The second kappa shape index (κ2) is 7.82. The fourth-order valence-electron chi connectivity index (χ4n) is 2.99. The van der Waals surface area contributed by atoms with Gasteiger partial charge in [-0.15, -0.1) is 0 Å². The second-order valence-corrected chi connectivity index (χ2v) is 6.86. The SMILES string of the molecule is Cc1noc(C)c1C(=O)N(C)C(C)C1=CCCN(CC(=O)N(C)C)C1. The van der Waals surface area contributed by atoms with Crippen molar-refractivity contribution in [3.05, 3.63) is 28.7 Å². The number of nitrogens with zero attached hydrogens (tertiary/aromatic N) is 4. The molecule has 1 aliphatic heterocycles. The molecule has 7 heteroatoms. The van der Waals surface area contributed by atoms with Gasteiger partial charge in [0.05, 0.1) is 18.3 Å². The Morgan fingerprint density at radius 3 is 2.56 bits per heavy atom. The third kappa shape index (κ3) is 4.28. The van der Waals surface area contributed by atoms with E-state index in [1.807, 2.05) is 6.92 Å². The Bertz CT molecular complexity index is 658. The van der Waals surface area contributed by atoms with Gasteiger partial charge >= 0.3 is 0 Å². The highest BCUT2D eigenvalue weighted by Crippen LogP contribution is 2.21. The lowest BCUT2D eigenvalue weighted by Crippen LogP contribution is -2.44. The van der Waals surface area contributed by atoms with E-state index in [2.05, 4.69) is 16.1 Å². The minimum atomic E-state index is -0.0915. The Labute approximate surface area is 149 Å². The first-order chi connectivity index (χ1) is 11.7. The molecule has 7 nitrogen and oxygen atoms in total. The minimum absolute atomic E-state index is 0.0570. The molecular formula is C18H28N4O3.